The van der Waals surface area contributed by atoms with E-state index in [1.54, 1.807) is 0 Å². The average molecular weight is 200 g/mol. The summed E-state index contributed by atoms with van der Waals surface area (Å²) in [7, 11) is 0. The largest absolute Gasteiger partial charge is 0.380 e. The number of carbonyl (C=O) groups excluding carboxylic acids is 1. The number of nitrogens with zero attached hydrogens (tertiary/aromatic N) is 1. The third-order valence-corrected chi connectivity index (χ3v) is 2.03. The second kappa shape index (κ2) is 3.14. The third-order valence-electron chi connectivity index (χ3n) is 1.80. The lowest BCUT2D eigenvalue weighted by Crippen LogP contribution is -2.67. The molecule has 0 radical (unpaired) electrons. The molecule has 0 saturated carbocycles. The number of amides is 1. The van der Waals surface area contributed by atoms with E-state index in [1.165, 1.54) is 0 Å². The topological polar surface area (TPSA) is 40.5 Å². The van der Waals surface area contributed by atoms with E-state index in [0.717, 1.165) is 4.90 Å². The number of hydrogen-bond donors (Lipinski definition) is 1. The van der Waals surface area contributed by atoms with Crippen LogP contribution in [0.1, 0.15) is 0 Å². The molecule has 0 bridgehead atoms. The van der Waals surface area contributed by atoms with Crippen LogP contribution in [-0.4, -0.2) is 46.9 Å². The lowest BCUT2D eigenvalue weighted by Gasteiger charge is -2.45. The number of aliphatic hydroxyl groups is 1. The summed E-state index contributed by atoms with van der Waals surface area (Å²) < 4.78 is 24.0. The Kier molecular flexibility index (Phi) is 2.53. The molecule has 0 atom stereocenters. The van der Waals surface area contributed by atoms with Crippen molar-refractivity contribution in [3.05, 3.63) is 0 Å². The van der Waals surface area contributed by atoms with Crippen LogP contribution in [0.15, 0.2) is 0 Å². The first-order chi connectivity index (χ1) is 5.49. The number of carbonyl (C=O) groups is 1. The van der Waals surface area contributed by atoms with Crippen LogP contribution in [0.3, 0.4) is 0 Å². The molecule has 0 aromatic carbocycles. The van der Waals surface area contributed by atoms with Crippen LogP contribution in [0.5, 0.6) is 0 Å². The fourth-order valence-corrected chi connectivity index (χ4v) is 1.18. The second-order valence-electron chi connectivity index (χ2n) is 2.79. The van der Waals surface area contributed by atoms with E-state index in [9.17, 15) is 13.6 Å². The van der Waals surface area contributed by atoms with Crippen LogP contribution < -0.4 is 0 Å². The van der Waals surface area contributed by atoms with Crippen molar-refractivity contribution < 1.29 is 18.7 Å². The molecule has 1 fully saturated rings. The van der Waals surface area contributed by atoms with Gasteiger partial charge in [-0.2, -0.15) is 0 Å². The molecule has 0 aliphatic carbocycles. The Bertz CT molecular complexity index is 194. The lowest BCUT2D eigenvalue weighted by molar-refractivity contribution is -0.187. The van der Waals surface area contributed by atoms with Gasteiger partial charge in [-0.25, -0.2) is 8.78 Å². The van der Waals surface area contributed by atoms with Gasteiger partial charge < -0.3 is 10.0 Å². The molecule has 1 N–H and O–H groups in total. The van der Waals surface area contributed by atoms with E-state index in [-0.39, 0.29) is 19.0 Å². The first-order valence-corrected chi connectivity index (χ1v) is 3.87. The van der Waals surface area contributed by atoms with E-state index in [2.05, 4.69) is 0 Å². The summed E-state index contributed by atoms with van der Waals surface area (Å²) in [5.41, 5.74) is -2.01. The Morgan fingerprint density at radius 2 is 2.17 bits per heavy atom. The van der Waals surface area contributed by atoms with Crippen LogP contribution in [0.2, 0.25) is 0 Å². The zero-order valence-corrected chi connectivity index (χ0v) is 6.89. The summed E-state index contributed by atoms with van der Waals surface area (Å²) in [4.78, 5) is 11.8. The predicted molar refractivity (Wildman–Crippen MR) is 38.3 cm³/mol. The molecule has 1 saturated heterocycles. The zero-order chi connectivity index (χ0) is 9.35. The van der Waals surface area contributed by atoms with Crippen LogP contribution in [0.25, 0.3) is 0 Å². The number of likely N-dealkylation sites (tertiary alicyclic amines) is 1. The SMILES string of the molecule is O=C(CCl)N1CC(O)(C(F)F)C1. The summed E-state index contributed by atoms with van der Waals surface area (Å²) >= 11 is 5.17. The maximum Gasteiger partial charge on any atom is 0.270 e. The van der Waals surface area contributed by atoms with Crippen molar-refractivity contribution in [2.75, 3.05) is 19.0 Å². The quantitative estimate of drug-likeness (QED) is 0.639. The number of hydrogen-bond acceptors (Lipinski definition) is 2. The molecule has 6 heteroatoms. The molecule has 0 aromatic rings. The Hall–Kier alpha value is -0.420. The summed E-state index contributed by atoms with van der Waals surface area (Å²) in [5, 5.41) is 9.02. The molecule has 12 heavy (non-hydrogen) atoms. The third kappa shape index (κ3) is 1.51. The normalized spacial score (nSPS) is 20.9. The van der Waals surface area contributed by atoms with Crippen LogP contribution in [-0.2, 0) is 4.79 Å². The van der Waals surface area contributed by atoms with E-state index >= 15 is 0 Å². The lowest BCUT2D eigenvalue weighted by atomic mass is 9.95. The average Bonchev–Trinajstić information content (AvgIpc) is 1.96. The van der Waals surface area contributed by atoms with E-state index in [4.69, 9.17) is 16.7 Å². The van der Waals surface area contributed by atoms with Gasteiger partial charge >= 0.3 is 0 Å². The maximum absolute atomic E-state index is 12.0. The molecule has 1 rings (SSSR count). The van der Waals surface area contributed by atoms with E-state index in [1.807, 2.05) is 0 Å². The monoisotopic (exact) mass is 199 g/mol. The van der Waals surface area contributed by atoms with Crippen molar-refractivity contribution in [1.82, 2.24) is 4.90 Å². The van der Waals surface area contributed by atoms with Gasteiger partial charge in [-0.05, 0) is 0 Å². The number of β-amino-alcohol motifs (C(OH)–C–C–N with tert-alkyl or cyclic N) is 1. The van der Waals surface area contributed by atoms with Crippen LogP contribution in [0, 0.1) is 0 Å². The van der Waals surface area contributed by atoms with Gasteiger partial charge in [-0.15, -0.1) is 11.6 Å². The fourth-order valence-electron chi connectivity index (χ4n) is 1.01. The highest BCUT2D eigenvalue weighted by molar-refractivity contribution is 6.27. The molecule has 3 nitrogen and oxygen atoms in total. The van der Waals surface area contributed by atoms with Crippen molar-refractivity contribution in [1.29, 1.82) is 0 Å². The molecular weight excluding hydrogens is 192 g/mol. The van der Waals surface area contributed by atoms with Gasteiger partial charge in [0.15, 0.2) is 5.60 Å². The van der Waals surface area contributed by atoms with Gasteiger partial charge in [-0.1, -0.05) is 0 Å². The summed E-state index contributed by atoms with van der Waals surface area (Å²) in [5.74, 6) is -0.665. The van der Waals surface area contributed by atoms with Crippen LogP contribution >= 0.6 is 11.6 Å². The van der Waals surface area contributed by atoms with Crippen molar-refractivity contribution >= 4 is 17.5 Å². The molecule has 70 valence electrons. The number of alkyl halides is 3. The molecule has 1 heterocycles. The van der Waals surface area contributed by atoms with Gasteiger partial charge in [0.05, 0.1) is 13.1 Å². The minimum Gasteiger partial charge on any atom is -0.380 e. The Morgan fingerprint density at radius 3 is 2.50 bits per heavy atom. The minimum atomic E-state index is -2.81. The molecule has 0 aromatic heterocycles. The van der Waals surface area contributed by atoms with E-state index < -0.39 is 17.9 Å². The van der Waals surface area contributed by atoms with Crippen LogP contribution in [0.4, 0.5) is 8.78 Å². The zero-order valence-electron chi connectivity index (χ0n) is 6.14. The molecule has 1 amide bonds. The number of halogens is 3. The van der Waals surface area contributed by atoms with Crippen molar-refractivity contribution in [2.24, 2.45) is 0 Å². The number of rotatable bonds is 2. The summed E-state index contributed by atoms with van der Waals surface area (Å²) in [6.07, 6.45) is -2.81. The van der Waals surface area contributed by atoms with Crippen molar-refractivity contribution in [2.45, 2.75) is 12.0 Å². The highest BCUT2D eigenvalue weighted by Gasteiger charge is 2.50. The molecule has 0 unspecified atom stereocenters. The van der Waals surface area contributed by atoms with Crippen molar-refractivity contribution in [3.63, 3.8) is 0 Å². The Morgan fingerprint density at radius 1 is 1.67 bits per heavy atom. The minimum absolute atomic E-state index is 0.237. The molecule has 1 aliphatic rings. The summed E-state index contributed by atoms with van der Waals surface area (Å²) in [6.45, 7) is -0.646. The fraction of sp³-hybridized carbons (Fsp3) is 0.833. The maximum atomic E-state index is 12.0. The van der Waals surface area contributed by atoms with Gasteiger partial charge in [0, 0.05) is 0 Å². The smallest absolute Gasteiger partial charge is 0.270 e. The van der Waals surface area contributed by atoms with Crippen molar-refractivity contribution in [3.8, 4) is 0 Å². The predicted octanol–water partition coefficient (Wildman–Crippen LogP) is 0.0636. The Balaban J connectivity index is 2.41. The van der Waals surface area contributed by atoms with Gasteiger partial charge in [-0.3, -0.25) is 4.79 Å². The van der Waals surface area contributed by atoms with Gasteiger partial charge in [0.2, 0.25) is 5.91 Å². The molecule has 1 aliphatic heterocycles. The Labute approximate surface area is 72.9 Å². The highest BCUT2D eigenvalue weighted by atomic mass is 35.5. The van der Waals surface area contributed by atoms with Gasteiger partial charge in [0.1, 0.15) is 5.88 Å². The first-order valence-electron chi connectivity index (χ1n) is 3.34. The standard InChI is InChI=1S/C6H8ClF2NO2/c7-1-4(11)10-2-6(12,3-10)5(8)9/h5,12H,1-3H2. The van der Waals surface area contributed by atoms with Gasteiger partial charge in [0.25, 0.3) is 6.43 Å². The second-order valence-corrected chi connectivity index (χ2v) is 3.05. The highest BCUT2D eigenvalue weighted by Crippen LogP contribution is 2.27. The molecular formula is C6H8ClF2NO2. The first kappa shape index (κ1) is 9.67. The molecule has 0 spiro atoms. The van der Waals surface area contributed by atoms with E-state index in [0.29, 0.717) is 0 Å². The summed E-state index contributed by atoms with van der Waals surface area (Å²) in [6, 6.07) is 0.